The summed E-state index contributed by atoms with van der Waals surface area (Å²) in [5, 5.41) is 4.08. The maximum atomic E-state index is 14.2. The van der Waals surface area contributed by atoms with Gasteiger partial charge in [-0.2, -0.15) is 0 Å². The molecule has 0 aliphatic carbocycles. The highest BCUT2D eigenvalue weighted by molar-refractivity contribution is 6.31. The van der Waals surface area contributed by atoms with E-state index in [9.17, 15) is 4.39 Å². The summed E-state index contributed by atoms with van der Waals surface area (Å²) in [5.74, 6) is -0.208. The number of nitrogens with one attached hydrogen (secondary N) is 1. The van der Waals surface area contributed by atoms with E-state index in [1.54, 1.807) is 6.07 Å². The molecule has 0 bridgehead atoms. The number of hydrogen-bond acceptors (Lipinski definition) is 1. The summed E-state index contributed by atoms with van der Waals surface area (Å²) in [7, 11) is 0. The summed E-state index contributed by atoms with van der Waals surface area (Å²) in [6.45, 7) is 6.98. The molecule has 2 aromatic rings. The minimum atomic E-state index is -0.224. The Balaban J connectivity index is 2.51. The molecule has 0 spiro atoms. The van der Waals surface area contributed by atoms with Crippen LogP contribution in [0.3, 0.4) is 0 Å². The van der Waals surface area contributed by atoms with Crippen molar-refractivity contribution in [2.75, 3.05) is 6.54 Å². The molecule has 0 aliphatic rings. The first-order chi connectivity index (χ1) is 10.0. The van der Waals surface area contributed by atoms with Gasteiger partial charge in [-0.05, 0) is 55.6 Å². The van der Waals surface area contributed by atoms with Crippen LogP contribution in [0.2, 0.25) is 5.02 Å². The molecule has 0 aliphatic heterocycles. The van der Waals surface area contributed by atoms with Crippen LogP contribution in [-0.4, -0.2) is 6.54 Å². The van der Waals surface area contributed by atoms with Gasteiger partial charge in [-0.1, -0.05) is 42.8 Å². The number of benzene rings is 2. The smallest absolute Gasteiger partial charge is 0.128 e. The van der Waals surface area contributed by atoms with Gasteiger partial charge in [-0.3, -0.25) is 0 Å². The molecule has 3 heteroatoms. The lowest BCUT2D eigenvalue weighted by Crippen LogP contribution is -2.24. The van der Waals surface area contributed by atoms with Gasteiger partial charge in [0, 0.05) is 10.6 Å². The fraction of sp³-hybridized carbons (Fsp3) is 0.333. The van der Waals surface area contributed by atoms with Crippen molar-refractivity contribution in [2.24, 2.45) is 0 Å². The molecule has 1 nitrogen and oxygen atoms in total. The van der Waals surface area contributed by atoms with Crippen LogP contribution >= 0.6 is 11.6 Å². The Labute approximate surface area is 131 Å². The highest BCUT2D eigenvalue weighted by atomic mass is 35.5. The van der Waals surface area contributed by atoms with Crippen molar-refractivity contribution in [3.05, 3.63) is 69.5 Å². The zero-order valence-corrected chi connectivity index (χ0v) is 13.5. The second-order valence-electron chi connectivity index (χ2n) is 5.37. The minimum Gasteiger partial charge on any atom is -0.306 e. The average Bonchev–Trinajstić information content (AvgIpc) is 2.46. The molecular weight excluding hydrogens is 285 g/mol. The van der Waals surface area contributed by atoms with E-state index in [4.69, 9.17) is 11.6 Å². The number of rotatable bonds is 5. The molecule has 2 rings (SSSR count). The van der Waals surface area contributed by atoms with Crippen LogP contribution in [-0.2, 0) is 0 Å². The van der Waals surface area contributed by atoms with Gasteiger partial charge in [-0.15, -0.1) is 0 Å². The molecule has 112 valence electrons. The Kier molecular flexibility index (Phi) is 5.38. The second-order valence-corrected chi connectivity index (χ2v) is 5.77. The van der Waals surface area contributed by atoms with Crippen LogP contribution in [0.1, 0.15) is 41.6 Å². The van der Waals surface area contributed by atoms with Crippen LogP contribution in [0.15, 0.2) is 36.4 Å². The van der Waals surface area contributed by atoms with Crippen LogP contribution in [0, 0.1) is 19.7 Å². The predicted octanol–water partition coefficient (Wildman–Crippen LogP) is 5.18. The van der Waals surface area contributed by atoms with E-state index in [2.05, 4.69) is 18.3 Å². The van der Waals surface area contributed by atoms with Gasteiger partial charge in [-0.25, -0.2) is 4.39 Å². The lowest BCUT2D eigenvalue weighted by molar-refractivity contribution is 0.546. The average molecular weight is 306 g/mol. The number of aryl methyl sites for hydroxylation is 2. The molecule has 0 aromatic heterocycles. The summed E-state index contributed by atoms with van der Waals surface area (Å²) in [6.07, 6.45) is 0.980. The van der Waals surface area contributed by atoms with E-state index in [0.29, 0.717) is 10.6 Å². The largest absolute Gasteiger partial charge is 0.306 e. The van der Waals surface area contributed by atoms with E-state index in [-0.39, 0.29) is 11.9 Å². The van der Waals surface area contributed by atoms with Gasteiger partial charge in [0.05, 0.1) is 6.04 Å². The first kappa shape index (κ1) is 16.0. The Hall–Kier alpha value is -1.38. The van der Waals surface area contributed by atoms with Crippen molar-refractivity contribution < 1.29 is 4.39 Å². The van der Waals surface area contributed by atoms with Crippen LogP contribution in [0.4, 0.5) is 4.39 Å². The molecule has 0 heterocycles. The van der Waals surface area contributed by atoms with Gasteiger partial charge in [0.25, 0.3) is 0 Å². The SMILES string of the molecule is CCCNC(c1ccccc1F)c1cc(C)c(C)cc1Cl. The van der Waals surface area contributed by atoms with Gasteiger partial charge in [0.1, 0.15) is 5.82 Å². The van der Waals surface area contributed by atoms with E-state index in [1.165, 1.54) is 6.07 Å². The van der Waals surface area contributed by atoms with Gasteiger partial charge >= 0.3 is 0 Å². The third-order valence-corrected chi connectivity index (χ3v) is 4.07. The number of hydrogen-bond donors (Lipinski definition) is 1. The highest BCUT2D eigenvalue weighted by Crippen LogP contribution is 2.31. The molecule has 0 amide bonds. The van der Waals surface area contributed by atoms with Gasteiger partial charge in [0.2, 0.25) is 0 Å². The molecule has 0 saturated carbocycles. The normalized spacial score (nSPS) is 12.4. The molecule has 0 fully saturated rings. The summed E-state index contributed by atoms with van der Waals surface area (Å²) >= 11 is 6.41. The fourth-order valence-corrected chi connectivity index (χ4v) is 2.74. The quantitative estimate of drug-likeness (QED) is 0.802. The lowest BCUT2D eigenvalue weighted by atomic mass is 9.95. The van der Waals surface area contributed by atoms with E-state index < -0.39 is 0 Å². The van der Waals surface area contributed by atoms with Crippen LogP contribution < -0.4 is 5.32 Å². The van der Waals surface area contributed by atoms with Crippen molar-refractivity contribution >= 4 is 11.6 Å². The minimum absolute atomic E-state index is 0.208. The zero-order chi connectivity index (χ0) is 15.4. The molecular formula is C18H21ClFN. The van der Waals surface area contributed by atoms with E-state index >= 15 is 0 Å². The van der Waals surface area contributed by atoms with Gasteiger partial charge < -0.3 is 5.32 Å². The molecule has 1 unspecified atom stereocenters. The van der Waals surface area contributed by atoms with Crippen molar-refractivity contribution in [1.82, 2.24) is 5.32 Å². The molecule has 1 N–H and O–H groups in total. The maximum absolute atomic E-state index is 14.2. The molecule has 0 saturated heterocycles. The number of halogens is 2. The fourth-order valence-electron chi connectivity index (χ4n) is 2.41. The van der Waals surface area contributed by atoms with Crippen LogP contribution in [0.25, 0.3) is 0 Å². The summed E-state index contributed by atoms with van der Waals surface area (Å²) in [4.78, 5) is 0. The summed E-state index contributed by atoms with van der Waals surface area (Å²) < 4.78 is 14.2. The predicted molar refractivity (Wildman–Crippen MR) is 87.5 cm³/mol. The van der Waals surface area contributed by atoms with Crippen LogP contribution in [0.5, 0.6) is 0 Å². The lowest BCUT2D eigenvalue weighted by Gasteiger charge is -2.22. The Bertz CT molecular complexity index is 625. The second kappa shape index (κ2) is 7.06. The summed E-state index contributed by atoms with van der Waals surface area (Å²) in [6, 6.07) is 10.6. The monoisotopic (exact) mass is 305 g/mol. The first-order valence-electron chi connectivity index (χ1n) is 7.29. The van der Waals surface area contributed by atoms with Crippen molar-refractivity contribution in [3.8, 4) is 0 Å². The third-order valence-electron chi connectivity index (χ3n) is 3.74. The standard InChI is InChI=1S/C18H21ClFN/c1-4-9-21-18(14-7-5-6-8-17(14)20)15-10-12(2)13(3)11-16(15)19/h5-8,10-11,18,21H,4,9H2,1-3H3. The summed E-state index contributed by atoms with van der Waals surface area (Å²) in [5.41, 5.74) is 3.87. The van der Waals surface area contributed by atoms with Gasteiger partial charge in [0.15, 0.2) is 0 Å². The molecule has 0 radical (unpaired) electrons. The highest BCUT2D eigenvalue weighted by Gasteiger charge is 2.20. The molecule has 21 heavy (non-hydrogen) atoms. The first-order valence-corrected chi connectivity index (χ1v) is 7.66. The Morgan fingerprint density at radius 1 is 1.10 bits per heavy atom. The molecule has 1 atom stereocenters. The zero-order valence-electron chi connectivity index (χ0n) is 12.7. The Morgan fingerprint density at radius 2 is 1.76 bits per heavy atom. The molecule has 2 aromatic carbocycles. The van der Waals surface area contributed by atoms with Crippen molar-refractivity contribution in [3.63, 3.8) is 0 Å². The van der Waals surface area contributed by atoms with Crippen molar-refractivity contribution in [2.45, 2.75) is 33.2 Å². The Morgan fingerprint density at radius 3 is 2.43 bits per heavy atom. The van der Waals surface area contributed by atoms with Crippen molar-refractivity contribution in [1.29, 1.82) is 0 Å². The van der Waals surface area contributed by atoms with E-state index in [0.717, 1.165) is 29.7 Å². The van der Waals surface area contributed by atoms with E-state index in [1.807, 2.05) is 32.0 Å². The maximum Gasteiger partial charge on any atom is 0.128 e. The topological polar surface area (TPSA) is 12.0 Å². The third kappa shape index (κ3) is 3.63.